The topological polar surface area (TPSA) is 51.8 Å². The Morgan fingerprint density at radius 1 is 1.46 bits per heavy atom. The minimum Gasteiger partial charge on any atom is -0.383 e. The Kier molecular flexibility index (Phi) is 2.28. The number of aromatic nitrogens is 2. The molecule has 0 unspecified atom stereocenters. The van der Waals surface area contributed by atoms with Gasteiger partial charge in [0.15, 0.2) is 0 Å². The second-order valence-corrected chi connectivity index (χ2v) is 4.21. The summed E-state index contributed by atoms with van der Waals surface area (Å²) in [6, 6.07) is 3.86. The van der Waals surface area contributed by atoms with Gasteiger partial charge in [-0.2, -0.15) is 0 Å². The van der Waals surface area contributed by atoms with Gasteiger partial charge in [-0.3, -0.25) is 0 Å². The lowest BCUT2D eigenvalue weighted by molar-refractivity contribution is 1.32. The van der Waals surface area contributed by atoms with E-state index in [0.29, 0.717) is 5.82 Å². The summed E-state index contributed by atoms with van der Waals surface area (Å²) in [5.41, 5.74) is 6.66. The maximum atomic E-state index is 5.73. The van der Waals surface area contributed by atoms with Crippen molar-refractivity contribution in [1.82, 2.24) is 9.36 Å². The first-order valence-corrected chi connectivity index (χ1v) is 5.16. The molecule has 0 atom stereocenters. The summed E-state index contributed by atoms with van der Waals surface area (Å²) in [5, 5.41) is 0. The largest absolute Gasteiger partial charge is 0.383 e. The SMILES string of the molecule is Nc1ncc(Br)cc1-c1ccns1. The predicted octanol–water partition coefficient (Wildman–Crippen LogP) is 2.55. The molecule has 2 aromatic heterocycles. The molecule has 0 saturated carbocycles. The Morgan fingerprint density at radius 3 is 3.00 bits per heavy atom. The molecular weight excluding hydrogens is 250 g/mol. The van der Waals surface area contributed by atoms with Crippen molar-refractivity contribution in [3.8, 4) is 10.4 Å². The number of rotatable bonds is 1. The minimum absolute atomic E-state index is 0.535. The molecule has 0 radical (unpaired) electrons. The molecule has 0 bridgehead atoms. The van der Waals surface area contributed by atoms with Crippen molar-refractivity contribution in [3.05, 3.63) is 29.0 Å². The van der Waals surface area contributed by atoms with Crippen LogP contribution in [0, 0.1) is 0 Å². The number of nitrogens with zero attached hydrogens (tertiary/aromatic N) is 2. The van der Waals surface area contributed by atoms with Crippen LogP contribution in [0.3, 0.4) is 0 Å². The third kappa shape index (κ3) is 1.71. The Hall–Kier alpha value is -0.940. The highest BCUT2D eigenvalue weighted by Crippen LogP contribution is 2.29. The molecule has 0 aliphatic carbocycles. The van der Waals surface area contributed by atoms with Crippen molar-refractivity contribution in [2.24, 2.45) is 0 Å². The highest BCUT2D eigenvalue weighted by atomic mass is 79.9. The molecular formula is C8H6BrN3S. The molecule has 0 spiro atoms. The normalized spacial score (nSPS) is 10.2. The lowest BCUT2D eigenvalue weighted by Crippen LogP contribution is -1.92. The molecule has 0 aromatic carbocycles. The second kappa shape index (κ2) is 3.43. The Balaban J connectivity index is 2.57. The van der Waals surface area contributed by atoms with Gasteiger partial charge in [0, 0.05) is 22.4 Å². The molecule has 0 amide bonds. The molecule has 3 nitrogen and oxygen atoms in total. The van der Waals surface area contributed by atoms with Crippen LogP contribution >= 0.6 is 27.5 Å². The highest BCUT2D eigenvalue weighted by Gasteiger charge is 2.05. The molecule has 5 heteroatoms. The smallest absolute Gasteiger partial charge is 0.132 e. The van der Waals surface area contributed by atoms with E-state index in [1.165, 1.54) is 11.5 Å². The first-order valence-electron chi connectivity index (χ1n) is 3.59. The van der Waals surface area contributed by atoms with E-state index in [1.807, 2.05) is 12.1 Å². The average Bonchev–Trinajstić information content (AvgIpc) is 2.61. The molecule has 0 aliphatic heterocycles. The van der Waals surface area contributed by atoms with Gasteiger partial charge in [0.1, 0.15) is 5.82 Å². The fraction of sp³-hybridized carbons (Fsp3) is 0. The fourth-order valence-electron chi connectivity index (χ4n) is 1.00. The van der Waals surface area contributed by atoms with Crippen LogP contribution in [0.2, 0.25) is 0 Å². The molecule has 2 rings (SSSR count). The van der Waals surface area contributed by atoms with Crippen LogP contribution in [0.1, 0.15) is 0 Å². The van der Waals surface area contributed by atoms with E-state index >= 15 is 0 Å². The third-order valence-electron chi connectivity index (χ3n) is 1.59. The van der Waals surface area contributed by atoms with Gasteiger partial charge in [0.2, 0.25) is 0 Å². The average molecular weight is 256 g/mol. The number of halogens is 1. The van der Waals surface area contributed by atoms with E-state index in [-0.39, 0.29) is 0 Å². The van der Waals surface area contributed by atoms with Crippen molar-refractivity contribution in [2.45, 2.75) is 0 Å². The quantitative estimate of drug-likeness (QED) is 0.853. The van der Waals surface area contributed by atoms with Gasteiger partial charge in [-0.15, -0.1) is 0 Å². The Bertz CT molecular complexity index is 413. The summed E-state index contributed by atoms with van der Waals surface area (Å²) in [4.78, 5) is 5.08. The maximum absolute atomic E-state index is 5.73. The summed E-state index contributed by atoms with van der Waals surface area (Å²) < 4.78 is 4.93. The Labute approximate surface area is 87.9 Å². The molecule has 0 saturated heterocycles. The van der Waals surface area contributed by atoms with Crippen molar-refractivity contribution < 1.29 is 0 Å². The van der Waals surface area contributed by atoms with Crippen molar-refractivity contribution >= 4 is 33.3 Å². The predicted molar refractivity (Wildman–Crippen MR) is 57.5 cm³/mol. The van der Waals surface area contributed by atoms with E-state index < -0.39 is 0 Å². The fourth-order valence-corrected chi connectivity index (χ4v) is 1.95. The van der Waals surface area contributed by atoms with Crippen LogP contribution in [0.25, 0.3) is 10.4 Å². The number of hydrogen-bond acceptors (Lipinski definition) is 4. The van der Waals surface area contributed by atoms with Crippen molar-refractivity contribution in [3.63, 3.8) is 0 Å². The van der Waals surface area contributed by atoms with Crippen LogP contribution in [0.5, 0.6) is 0 Å². The molecule has 2 heterocycles. The van der Waals surface area contributed by atoms with Gasteiger partial charge in [-0.25, -0.2) is 9.36 Å². The molecule has 2 N–H and O–H groups in total. The van der Waals surface area contributed by atoms with Gasteiger partial charge in [0.25, 0.3) is 0 Å². The molecule has 2 aromatic rings. The van der Waals surface area contributed by atoms with Crippen LogP contribution in [-0.4, -0.2) is 9.36 Å². The van der Waals surface area contributed by atoms with E-state index in [1.54, 1.807) is 12.4 Å². The van der Waals surface area contributed by atoms with E-state index in [2.05, 4.69) is 25.3 Å². The number of anilines is 1. The monoisotopic (exact) mass is 255 g/mol. The van der Waals surface area contributed by atoms with Gasteiger partial charge < -0.3 is 5.73 Å². The van der Waals surface area contributed by atoms with Crippen LogP contribution < -0.4 is 5.73 Å². The lowest BCUT2D eigenvalue weighted by Gasteiger charge is -2.00. The number of nitrogen functional groups attached to an aromatic ring is 1. The highest BCUT2D eigenvalue weighted by molar-refractivity contribution is 9.10. The Morgan fingerprint density at radius 2 is 2.31 bits per heavy atom. The zero-order valence-corrected chi connectivity index (χ0v) is 8.97. The van der Waals surface area contributed by atoms with Crippen molar-refractivity contribution in [1.29, 1.82) is 0 Å². The minimum atomic E-state index is 0.535. The molecule has 0 aliphatic rings. The number of nitrogens with two attached hydrogens (primary N) is 1. The van der Waals surface area contributed by atoms with Gasteiger partial charge in [-0.1, -0.05) is 0 Å². The number of pyridine rings is 1. The summed E-state index contributed by atoms with van der Waals surface area (Å²) in [5.74, 6) is 0.535. The summed E-state index contributed by atoms with van der Waals surface area (Å²) in [6.07, 6.45) is 3.43. The summed E-state index contributed by atoms with van der Waals surface area (Å²) in [6.45, 7) is 0. The summed E-state index contributed by atoms with van der Waals surface area (Å²) >= 11 is 4.76. The second-order valence-electron chi connectivity index (χ2n) is 2.46. The third-order valence-corrected chi connectivity index (χ3v) is 2.80. The zero-order valence-electron chi connectivity index (χ0n) is 6.57. The van der Waals surface area contributed by atoms with Crippen LogP contribution in [0.4, 0.5) is 5.82 Å². The van der Waals surface area contributed by atoms with Gasteiger partial charge in [0.05, 0.1) is 4.88 Å². The lowest BCUT2D eigenvalue weighted by atomic mass is 10.2. The van der Waals surface area contributed by atoms with E-state index in [4.69, 9.17) is 5.73 Å². The summed E-state index contributed by atoms with van der Waals surface area (Å²) in [7, 11) is 0. The first kappa shape index (κ1) is 8.65. The number of hydrogen-bond donors (Lipinski definition) is 1. The van der Waals surface area contributed by atoms with Crippen LogP contribution in [-0.2, 0) is 0 Å². The van der Waals surface area contributed by atoms with Crippen LogP contribution in [0.15, 0.2) is 29.0 Å². The van der Waals surface area contributed by atoms with E-state index in [0.717, 1.165) is 14.9 Å². The van der Waals surface area contributed by atoms with Gasteiger partial charge in [-0.05, 0) is 39.6 Å². The molecule has 0 fully saturated rings. The van der Waals surface area contributed by atoms with E-state index in [9.17, 15) is 0 Å². The van der Waals surface area contributed by atoms with Crippen molar-refractivity contribution in [2.75, 3.05) is 5.73 Å². The molecule has 13 heavy (non-hydrogen) atoms. The maximum Gasteiger partial charge on any atom is 0.132 e. The standard InChI is InChI=1S/C8H6BrN3S/c9-5-3-6(8(10)11-4-5)7-1-2-12-13-7/h1-4H,(H2,10,11). The zero-order chi connectivity index (χ0) is 9.26. The molecule has 66 valence electrons. The first-order chi connectivity index (χ1) is 6.27. The van der Waals surface area contributed by atoms with Gasteiger partial charge >= 0.3 is 0 Å².